The molecule has 0 unspecified atom stereocenters. The molecule has 1 saturated carbocycles. The molecule has 4 heteroatoms. The molecule has 11 heavy (non-hydrogen) atoms. The Hall–Kier alpha value is -1.06. The standard InChI is InChI=1S/C7H10O4/c1-4-3-7(4,5(8)9)6(10)11-2/h4H,3H2,1-2H3,(H,8,9)/t4-,7+/m1/s1. The molecule has 0 aromatic rings. The van der Waals surface area contributed by atoms with Crippen LogP contribution in [0.1, 0.15) is 13.3 Å². The fourth-order valence-electron chi connectivity index (χ4n) is 1.28. The van der Waals surface area contributed by atoms with Crippen LogP contribution in [0.5, 0.6) is 0 Å². The Bertz CT molecular complexity index is 210. The molecule has 1 rings (SSSR count). The lowest BCUT2D eigenvalue weighted by Crippen LogP contribution is -2.28. The zero-order valence-corrected chi connectivity index (χ0v) is 6.46. The molecule has 0 aromatic heterocycles. The van der Waals surface area contributed by atoms with E-state index >= 15 is 0 Å². The van der Waals surface area contributed by atoms with Crippen molar-refractivity contribution in [2.45, 2.75) is 13.3 Å². The van der Waals surface area contributed by atoms with Gasteiger partial charge in [-0.15, -0.1) is 0 Å². The average Bonchev–Trinajstić information content (AvgIpc) is 2.61. The Morgan fingerprint density at radius 2 is 2.09 bits per heavy atom. The summed E-state index contributed by atoms with van der Waals surface area (Å²) in [5.41, 5.74) is -1.23. The Balaban J connectivity index is 2.80. The first-order valence-corrected chi connectivity index (χ1v) is 3.37. The topological polar surface area (TPSA) is 63.6 Å². The van der Waals surface area contributed by atoms with Crippen molar-refractivity contribution in [2.24, 2.45) is 11.3 Å². The highest BCUT2D eigenvalue weighted by atomic mass is 16.5. The smallest absolute Gasteiger partial charge is 0.323 e. The number of ether oxygens (including phenoxy) is 1. The highest BCUT2D eigenvalue weighted by Crippen LogP contribution is 2.53. The van der Waals surface area contributed by atoms with Crippen molar-refractivity contribution in [3.8, 4) is 0 Å². The van der Waals surface area contributed by atoms with Gasteiger partial charge in [0, 0.05) is 0 Å². The Morgan fingerprint density at radius 1 is 1.64 bits per heavy atom. The number of carbonyl (C=O) groups excluding carboxylic acids is 1. The molecule has 0 spiro atoms. The lowest BCUT2D eigenvalue weighted by atomic mass is 10.1. The minimum absolute atomic E-state index is 0.0903. The summed E-state index contributed by atoms with van der Waals surface area (Å²) in [6.45, 7) is 1.73. The molecule has 1 fully saturated rings. The van der Waals surface area contributed by atoms with Crippen LogP contribution in [0.15, 0.2) is 0 Å². The lowest BCUT2D eigenvalue weighted by molar-refractivity contribution is -0.159. The third-order valence-corrected chi connectivity index (χ3v) is 2.24. The van der Waals surface area contributed by atoms with Crippen LogP contribution in [0.2, 0.25) is 0 Å². The molecule has 1 aliphatic carbocycles. The zero-order valence-electron chi connectivity index (χ0n) is 6.46. The zero-order chi connectivity index (χ0) is 8.65. The van der Waals surface area contributed by atoms with Gasteiger partial charge in [-0.3, -0.25) is 9.59 Å². The van der Waals surface area contributed by atoms with E-state index in [1.54, 1.807) is 6.92 Å². The molecule has 0 radical (unpaired) electrons. The second kappa shape index (κ2) is 2.22. The molecule has 0 aromatic carbocycles. The van der Waals surface area contributed by atoms with Gasteiger partial charge in [-0.1, -0.05) is 6.92 Å². The van der Waals surface area contributed by atoms with E-state index in [-0.39, 0.29) is 5.92 Å². The molecule has 2 atom stereocenters. The number of esters is 1. The number of hydrogen-bond acceptors (Lipinski definition) is 3. The number of carboxylic acids is 1. The van der Waals surface area contributed by atoms with Crippen molar-refractivity contribution in [3.05, 3.63) is 0 Å². The van der Waals surface area contributed by atoms with Crippen molar-refractivity contribution in [1.29, 1.82) is 0 Å². The maximum Gasteiger partial charge on any atom is 0.323 e. The summed E-state index contributed by atoms with van der Waals surface area (Å²) in [5.74, 6) is -1.79. The molecule has 0 saturated heterocycles. The van der Waals surface area contributed by atoms with Crippen LogP contribution in [0.25, 0.3) is 0 Å². The number of aliphatic carboxylic acids is 1. The fraction of sp³-hybridized carbons (Fsp3) is 0.714. The van der Waals surface area contributed by atoms with E-state index in [4.69, 9.17) is 5.11 Å². The molecule has 1 aliphatic rings. The van der Waals surface area contributed by atoms with Gasteiger partial charge >= 0.3 is 11.9 Å². The maximum absolute atomic E-state index is 10.9. The maximum atomic E-state index is 10.9. The third kappa shape index (κ3) is 0.895. The van der Waals surface area contributed by atoms with E-state index in [1.165, 1.54) is 7.11 Å². The average molecular weight is 158 g/mol. The van der Waals surface area contributed by atoms with Crippen molar-refractivity contribution in [1.82, 2.24) is 0 Å². The number of rotatable bonds is 2. The SMILES string of the molecule is COC(=O)[C@@]1(C(=O)O)C[C@H]1C. The first-order chi connectivity index (χ1) is 5.05. The first-order valence-electron chi connectivity index (χ1n) is 3.37. The summed E-state index contributed by atoms with van der Waals surface area (Å²) >= 11 is 0. The predicted octanol–water partition coefficient (Wildman–Crippen LogP) is 0.270. The summed E-state index contributed by atoms with van der Waals surface area (Å²) in [6, 6.07) is 0. The molecule has 0 amide bonds. The molecule has 0 bridgehead atoms. The largest absolute Gasteiger partial charge is 0.480 e. The third-order valence-electron chi connectivity index (χ3n) is 2.24. The quantitative estimate of drug-likeness (QED) is 0.462. The van der Waals surface area contributed by atoms with Gasteiger partial charge in [0.2, 0.25) is 0 Å². The first kappa shape index (κ1) is 8.04. The second-order valence-electron chi connectivity index (χ2n) is 2.87. The van der Waals surface area contributed by atoms with E-state index in [2.05, 4.69) is 4.74 Å². The molecule has 1 N–H and O–H groups in total. The van der Waals surface area contributed by atoms with Crippen molar-refractivity contribution < 1.29 is 19.4 Å². The molecule has 0 aliphatic heterocycles. The van der Waals surface area contributed by atoms with Crippen LogP contribution in [-0.4, -0.2) is 24.2 Å². The highest BCUT2D eigenvalue weighted by molar-refractivity contribution is 6.02. The number of methoxy groups -OCH3 is 1. The van der Waals surface area contributed by atoms with E-state index in [1.807, 2.05) is 0 Å². The number of carboxylic acid groups (broad SMARTS) is 1. The van der Waals surface area contributed by atoms with Crippen molar-refractivity contribution in [2.75, 3.05) is 7.11 Å². The van der Waals surface area contributed by atoms with E-state index in [0.717, 1.165) is 0 Å². The minimum Gasteiger partial charge on any atom is -0.480 e. The Morgan fingerprint density at radius 3 is 2.18 bits per heavy atom. The molecular formula is C7H10O4. The monoisotopic (exact) mass is 158 g/mol. The minimum atomic E-state index is -1.23. The molecule has 0 heterocycles. The summed E-state index contributed by atoms with van der Waals surface area (Å²) in [6.07, 6.45) is 0.398. The molecule has 62 valence electrons. The van der Waals surface area contributed by atoms with Crippen LogP contribution in [0.3, 0.4) is 0 Å². The van der Waals surface area contributed by atoms with Crippen LogP contribution in [0.4, 0.5) is 0 Å². The van der Waals surface area contributed by atoms with Gasteiger partial charge in [-0.05, 0) is 12.3 Å². The van der Waals surface area contributed by atoms with Gasteiger partial charge in [0.25, 0.3) is 0 Å². The normalized spacial score (nSPS) is 34.5. The number of carbonyl (C=O) groups is 2. The van der Waals surface area contributed by atoms with Crippen LogP contribution >= 0.6 is 0 Å². The van der Waals surface area contributed by atoms with Crippen molar-refractivity contribution >= 4 is 11.9 Å². The van der Waals surface area contributed by atoms with Gasteiger partial charge in [0.15, 0.2) is 5.41 Å². The van der Waals surface area contributed by atoms with Gasteiger partial charge in [0.1, 0.15) is 0 Å². The van der Waals surface area contributed by atoms with Gasteiger partial charge in [-0.25, -0.2) is 0 Å². The van der Waals surface area contributed by atoms with Gasteiger partial charge in [-0.2, -0.15) is 0 Å². The molecule has 4 nitrogen and oxygen atoms in total. The molecular weight excluding hydrogens is 148 g/mol. The fourth-order valence-corrected chi connectivity index (χ4v) is 1.28. The summed E-state index contributed by atoms with van der Waals surface area (Å²) in [4.78, 5) is 21.5. The van der Waals surface area contributed by atoms with E-state index in [0.29, 0.717) is 6.42 Å². The van der Waals surface area contributed by atoms with Crippen LogP contribution < -0.4 is 0 Å². The van der Waals surface area contributed by atoms with Crippen LogP contribution in [-0.2, 0) is 14.3 Å². The lowest BCUT2D eigenvalue weighted by Gasteiger charge is -2.06. The van der Waals surface area contributed by atoms with Gasteiger partial charge < -0.3 is 9.84 Å². The summed E-state index contributed by atoms with van der Waals surface area (Å²) in [7, 11) is 1.21. The van der Waals surface area contributed by atoms with Crippen LogP contribution in [0, 0.1) is 11.3 Å². The predicted molar refractivity (Wildman–Crippen MR) is 35.9 cm³/mol. The summed E-state index contributed by atoms with van der Waals surface area (Å²) < 4.78 is 4.39. The second-order valence-corrected chi connectivity index (χ2v) is 2.87. The van der Waals surface area contributed by atoms with Crippen molar-refractivity contribution in [3.63, 3.8) is 0 Å². The van der Waals surface area contributed by atoms with Gasteiger partial charge in [0.05, 0.1) is 7.11 Å². The number of hydrogen-bond donors (Lipinski definition) is 1. The Labute approximate surface area is 64.2 Å². The van der Waals surface area contributed by atoms with E-state index < -0.39 is 17.4 Å². The summed E-state index contributed by atoms with van der Waals surface area (Å²) in [5, 5.41) is 8.67. The Kier molecular flexibility index (Phi) is 1.62. The highest BCUT2D eigenvalue weighted by Gasteiger charge is 2.65. The van der Waals surface area contributed by atoms with E-state index in [9.17, 15) is 9.59 Å².